The maximum absolute atomic E-state index is 11.7. The summed E-state index contributed by atoms with van der Waals surface area (Å²) < 4.78 is 30.4. The number of hydrogen-bond acceptors (Lipinski definition) is 4. The Hall–Kier alpha value is -1.27. The van der Waals surface area contributed by atoms with E-state index >= 15 is 0 Å². The van der Waals surface area contributed by atoms with Crippen molar-refractivity contribution in [2.45, 2.75) is 12.8 Å². The van der Waals surface area contributed by atoms with Gasteiger partial charge in [0.05, 0.1) is 5.75 Å². The van der Waals surface area contributed by atoms with E-state index in [0.717, 1.165) is 12.8 Å². The molecule has 100 valence electrons. The van der Waals surface area contributed by atoms with Gasteiger partial charge in [0.2, 0.25) is 10.0 Å². The highest BCUT2D eigenvalue weighted by molar-refractivity contribution is 7.89. The van der Waals surface area contributed by atoms with Crippen molar-refractivity contribution < 1.29 is 13.2 Å². The molecular formula is C12H18N2O3S. The summed E-state index contributed by atoms with van der Waals surface area (Å²) in [4.78, 5) is 0. The van der Waals surface area contributed by atoms with Gasteiger partial charge in [-0.2, -0.15) is 4.31 Å². The third kappa shape index (κ3) is 3.36. The summed E-state index contributed by atoms with van der Waals surface area (Å²) in [5.74, 6) is 0.966. The third-order valence-electron chi connectivity index (χ3n) is 2.94. The predicted molar refractivity (Wildman–Crippen MR) is 70.9 cm³/mol. The Labute approximate surface area is 108 Å². The lowest BCUT2D eigenvalue weighted by Gasteiger charge is -2.25. The Bertz CT molecular complexity index is 485. The fraction of sp³-hybridized carbons (Fsp3) is 0.500. The van der Waals surface area contributed by atoms with Crippen molar-refractivity contribution in [1.29, 1.82) is 0 Å². The van der Waals surface area contributed by atoms with Crippen molar-refractivity contribution in [1.82, 2.24) is 4.31 Å². The van der Waals surface area contributed by atoms with Gasteiger partial charge >= 0.3 is 0 Å². The van der Waals surface area contributed by atoms with E-state index in [1.807, 2.05) is 0 Å². The first-order valence-electron chi connectivity index (χ1n) is 6.04. The summed E-state index contributed by atoms with van der Waals surface area (Å²) >= 11 is 0. The van der Waals surface area contributed by atoms with Crippen molar-refractivity contribution in [2.75, 3.05) is 31.2 Å². The molecule has 0 radical (unpaired) electrons. The van der Waals surface area contributed by atoms with Crippen LogP contribution < -0.4 is 10.5 Å². The SMILES string of the molecule is Nc1ccc(OCCN2CCCCS2(=O)=O)cc1. The number of sulfonamides is 1. The number of benzene rings is 1. The number of nitrogen functional groups attached to an aromatic ring is 1. The van der Waals surface area contributed by atoms with Crippen LogP contribution in [-0.2, 0) is 10.0 Å². The van der Waals surface area contributed by atoms with Gasteiger partial charge in [-0.1, -0.05) is 0 Å². The zero-order chi connectivity index (χ0) is 13.0. The van der Waals surface area contributed by atoms with E-state index in [9.17, 15) is 8.42 Å². The number of ether oxygens (including phenoxy) is 1. The van der Waals surface area contributed by atoms with Crippen LogP contribution in [0.15, 0.2) is 24.3 Å². The van der Waals surface area contributed by atoms with Gasteiger partial charge < -0.3 is 10.5 Å². The van der Waals surface area contributed by atoms with Crippen LogP contribution in [-0.4, -0.2) is 38.2 Å². The summed E-state index contributed by atoms with van der Waals surface area (Å²) in [6.07, 6.45) is 1.69. The van der Waals surface area contributed by atoms with Gasteiger partial charge in [0.25, 0.3) is 0 Å². The van der Waals surface area contributed by atoms with Crippen LogP contribution in [0.4, 0.5) is 5.69 Å². The molecule has 1 saturated heterocycles. The number of rotatable bonds is 4. The van der Waals surface area contributed by atoms with E-state index in [1.54, 1.807) is 24.3 Å². The molecule has 0 unspecified atom stereocenters. The van der Waals surface area contributed by atoms with Crippen LogP contribution in [0.3, 0.4) is 0 Å². The van der Waals surface area contributed by atoms with E-state index in [4.69, 9.17) is 10.5 Å². The minimum absolute atomic E-state index is 0.259. The van der Waals surface area contributed by atoms with Crippen LogP contribution in [0, 0.1) is 0 Å². The molecule has 1 heterocycles. The number of anilines is 1. The molecule has 2 rings (SSSR count). The van der Waals surface area contributed by atoms with Gasteiger partial charge in [0.1, 0.15) is 12.4 Å². The molecule has 1 aliphatic heterocycles. The van der Waals surface area contributed by atoms with Crippen LogP contribution in [0.2, 0.25) is 0 Å². The molecule has 1 aromatic carbocycles. The van der Waals surface area contributed by atoms with Gasteiger partial charge in [-0.25, -0.2) is 8.42 Å². The molecule has 18 heavy (non-hydrogen) atoms. The molecular weight excluding hydrogens is 252 g/mol. The first kappa shape index (κ1) is 13.2. The highest BCUT2D eigenvalue weighted by Gasteiger charge is 2.25. The second-order valence-electron chi connectivity index (χ2n) is 4.34. The van der Waals surface area contributed by atoms with Gasteiger partial charge in [0.15, 0.2) is 0 Å². The molecule has 0 aliphatic carbocycles. The third-order valence-corrected chi connectivity index (χ3v) is 4.90. The molecule has 0 bridgehead atoms. The van der Waals surface area contributed by atoms with Crippen LogP contribution in [0.5, 0.6) is 5.75 Å². The number of nitrogens with two attached hydrogens (primary N) is 1. The van der Waals surface area contributed by atoms with Gasteiger partial charge in [-0.3, -0.25) is 0 Å². The lowest BCUT2D eigenvalue weighted by Crippen LogP contribution is -2.40. The maximum atomic E-state index is 11.7. The molecule has 0 amide bonds. The normalized spacial score (nSPS) is 19.6. The average molecular weight is 270 g/mol. The second-order valence-corrected chi connectivity index (χ2v) is 6.43. The van der Waals surface area contributed by atoms with Gasteiger partial charge in [-0.05, 0) is 37.1 Å². The molecule has 0 spiro atoms. The van der Waals surface area contributed by atoms with E-state index in [2.05, 4.69) is 0 Å². The van der Waals surface area contributed by atoms with Crippen molar-refractivity contribution in [3.05, 3.63) is 24.3 Å². The Kier molecular flexibility index (Phi) is 4.08. The molecule has 2 N–H and O–H groups in total. The molecule has 6 heteroatoms. The molecule has 0 saturated carbocycles. The monoisotopic (exact) mass is 270 g/mol. The van der Waals surface area contributed by atoms with Gasteiger partial charge in [-0.15, -0.1) is 0 Å². The second kappa shape index (κ2) is 5.58. The van der Waals surface area contributed by atoms with E-state index < -0.39 is 10.0 Å². The van der Waals surface area contributed by atoms with E-state index in [-0.39, 0.29) is 5.75 Å². The topological polar surface area (TPSA) is 72.6 Å². The van der Waals surface area contributed by atoms with Crippen molar-refractivity contribution >= 4 is 15.7 Å². The lowest BCUT2D eigenvalue weighted by molar-refractivity contribution is 0.266. The standard InChI is InChI=1S/C12H18N2O3S/c13-11-3-5-12(6-4-11)17-9-8-14-7-1-2-10-18(14,15)16/h3-6H,1-2,7-10,13H2. The van der Waals surface area contributed by atoms with Crippen LogP contribution in [0.1, 0.15) is 12.8 Å². The Balaban J connectivity index is 1.83. The summed E-state index contributed by atoms with van der Waals surface area (Å²) in [7, 11) is -3.05. The number of nitrogens with zero attached hydrogens (tertiary/aromatic N) is 1. The number of hydrogen-bond donors (Lipinski definition) is 1. The minimum atomic E-state index is -3.05. The highest BCUT2D eigenvalue weighted by Crippen LogP contribution is 2.15. The van der Waals surface area contributed by atoms with E-state index in [0.29, 0.717) is 31.1 Å². The van der Waals surface area contributed by atoms with Crippen LogP contribution >= 0.6 is 0 Å². The summed E-state index contributed by atoms with van der Waals surface area (Å²) in [5.41, 5.74) is 6.25. The highest BCUT2D eigenvalue weighted by atomic mass is 32.2. The molecule has 1 fully saturated rings. The Morgan fingerprint density at radius 2 is 1.94 bits per heavy atom. The van der Waals surface area contributed by atoms with Gasteiger partial charge in [0, 0.05) is 18.8 Å². The molecule has 0 aromatic heterocycles. The average Bonchev–Trinajstić information content (AvgIpc) is 2.33. The minimum Gasteiger partial charge on any atom is -0.492 e. The quantitative estimate of drug-likeness (QED) is 0.831. The fourth-order valence-corrected chi connectivity index (χ4v) is 3.51. The summed E-state index contributed by atoms with van der Waals surface area (Å²) in [6.45, 7) is 1.38. The maximum Gasteiger partial charge on any atom is 0.214 e. The predicted octanol–water partition coefficient (Wildman–Crippen LogP) is 1.07. The Morgan fingerprint density at radius 1 is 1.22 bits per heavy atom. The fourth-order valence-electron chi connectivity index (χ4n) is 1.92. The van der Waals surface area contributed by atoms with E-state index in [1.165, 1.54) is 4.31 Å². The van der Waals surface area contributed by atoms with Crippen molar-refractivity contribution in [3.63, 3.8) is 0 Å². The zero-order valence-electron chi connectivity index (χ0n) is 10.2. The Morgan fingerprint density at radius 3 is 2.61 bits per heavy atom. The van der Waals surface area contributed by atoms with Crippen LogP contribution in [0.25, 0.3) is 0 Å². The first-order chi connectivity index (χ1) is 8.58. The van der Waals surface area contributed by atoms with Crippen molar-refractivity contribution in [2.24, 2.45) is 0 Å². The molecule has 1 aliphatic rings. The lowest BCUT2D eigenvalue weighted by atomic mass is 10.3. The first-order valence-corrected chi connectivity index (χ1v) is 7.65. The molecule has 0 atom stereocenters. The molecule has 5 nitrogen and oxygen atoms in total. The largest absolute Gasteiger partial charge is 0.492 e. The van der Waals surface area contributed by atoms with Crippen molar-refractivity contribution in [3.8, 4) is 5.75 Å². The molecule has 1 aromatic rings. The summed E-state index contributed by atoms with van der Waals surface area (Å²) in [5, 5.41) is 0. The zero-order valence-corrected chi connectivity index (χ0v) is 11.0. The smallest absolute Gasteiger partial charge is 0.214 e. The summed E-state index contributed by atoms with van der Waals surface area (Å²) in [6, 6.07) is 7.07.